The molecule has 1 aliphatic carbocycles. The van der Waals surface area contributed by atoms with Crippen LogP contribution in [0.25, 0.3) is 0 Å². The highest BCUT2D eigenvalue weighted by Crippen LogP contribution is 2.31. The predicted molar refractivity (Wildman–Crippen MR) is 86.7 cm³/mol. The number of amides is 1. The zero-order valence-electron chi connectivity index (χ0n) is 12.1. The fraction of sp³-hybridized carbons (Fsp3) is 0.294. The maximum absolute atomic E-state index is 12.9. The number of rotatable bonds is 4. The standard InChI is InChI=1S/C17H17NO3S/c19-16(20)10-18(12-6-2-1-3-7-12)17(21)14-11-22-15-9-5-4-8-13(14)15/h1-3,6-7,11H,4-5,8-10H2,(H,19,20). The number of carbonyl (C=O) groups excluding carboxylic acids is 1. The van der Waals surface area contributed by atoms with Crippen LogP contribution in [0.5, 0.6) is 0 Å². The van der Waals surface area contributed by atoms with Gasteiger partial charge in [0.1, 0.15) is 6.54 Å². The molecule has 5 heteroatoms. The molecule has 0 unspecified atom stereocenters. The summed E-state index contributed by atoms with van der Waals surface area (Å²) in [6.45, 7) is -0.326. The number of benzene rings is 1. The van der Waals surface area contributed by atoms with E-state index in [0.717, 1.165) is 24.8 Å². The number of fused-ring (bicyclic) bond motifs is 1. The lowest BCUT2D eigenvalue weighted by atomic mass is 9.95. The quantitative estimate of drug-likeness (QED) is 0.941. The Morgan fingerprint density at radius 3 is 2.59 bits per heavy atom. The van der Waals surface area contributed by atoms with Gasteiger partial charge in [-0.3, -0.25) is 14.5 Å². The highest BCUT2D eigenvalue weighted by molar-refractivity contribution is 7.10. The fourth-order valence-corrected chi connectivity index (χ4v) is 3.96. The molecule has 0 radical (unpaired) electrons. The Hall–Kier alpha value is -2.14. The van der Waals surface area contributed by atoms with Gasteiger partial charge < -0.3 is 5.11 Å². The van der Waals surface area contributed by atoms with Gasteiger partial charge in [0, 0.05) is 15.9 Å². The molecule has 0 aliphatic heterocycles. The van der Waals surface area contributed by atoms with E-state index in [1.807, 2.05) is 11.4 Å². The van der Waals surface area contributed by atoms with Crippen LogP contribution in [-0.4, -0.2) is 23.5 Å². The fourth-order valence-electron chi connectivity index (χ4n) is 2.84. The van der Waals surface area contributed by atoms with Crippen LogP contribution in [0.3, 0.4) is 0 Å². The number of thiophene rings is 1. The minimum absolute atomic E-state index is 0.215. The van der Waals surface area contributed by atoms with Gasteiger partial charge >= 0.3 is 5.97 Å². The number of carboxylic acid groups (broad SMARTS) is 1. The first-order valence-electron chi connectivity index (χ1n) is 7.35. The zero-order valence-corrected chi connectivity index (χ0v) is 12.9. The van der Waals surface area contributed by atoms with Crippen molar-refractivity contribution in [3.8, 4) is 0 Å². The number of carboxylic acids is 1. The molecular weight excluding hydrogens is 298 g/mol. The van der Waals surface area contributed by atoms with Gasteiger partial charge in [-0.15, -0.1) is 11.3 Å². The smallest absolute Gasteiger partial charge is 0.323 e. The molecule has 0 fully saturated rings. The molecule has 1 aromatic carbocycles. The maximum Gasteiger partial charge on any atom is 0.323 e. The van der Waals surface area contributed by atoms with Crippen molar-refractivity contribution in [2.75, 3.05) is 11.4 Å². The molecule has 1 N–H and O–H groups in total. The number of anilines is 1. The van der Waals surface area contributed by atoms with E-state index in [9.17, 15) is 9.59 Å². The second-order valence-electron chi connectivity index (χ2n) is 5.38. The molecule has 1 heterocycles. The van der Waals surface area contributed by atoms with Crippen molar-refractivity contribution in [2.45, 2.75) is 25.7 Å². The van der Waals surface area contributed by atoms with Gasteiger partial charge in [-0.25, -0.2) is 0 Å². The number of aliphatic carboxylic acids is 1. The summed E-state index contributed by atoms with van der Waals surface area (Å²) in [6, 6.07) is 8.99. The normalized spacial score (nSPS) is 13.5. The number of aryl methyl sites for hydroxylation is 1. The van der Waals surface area contributed by atoms with Crippen LogP contribution >= 0.6 is 11.3 Å². The van der Waals surface area contributed by atoms with Crippen molar-refractivity contribution in [1.82, 2.24) is 0 Å². The van der Waals surface area contributed by atoms with Crippen molar-refractivity contribution in [1.29, 1.82) is 0 Å². The van der Waals surface area contributed by atoms with Crippen molar-refractivity contribution in [3.05, 3.63) is 51.7 Å². The number of carbonyl (C=O) groups is 2. The summed E-state index contributed by atoms with van der Waals surface area (Å²) in [5.74, 6) is -1.23. The van der Waals surface area contributed by atoms with Crippen molar-refractivity contribution in [2.24, 2.45) is 0 Å². The predicted octanol–water partition coefficient (Wildman–Crippen LogP) is 3.36. The van der Waals surface area contributed by atoms with Gasteiger partial charge in [-0.2, -0.15) is 0 Å². The maximum atomic E-state index is 12.9. The molecule has 1 aromatic heterocycles. The van der Waals surface area contributed by atoms with E-state index < -0.39 is 5.97 Å². The highest BCUT2D eigenvalue weighted by atomic mass is 32.1. The Morgan fingerprint density at radius 1 is 1.14 bits per heavy atom. The molecule has 22 heavy (non-hydrogen) atoms. The summed E-state index contributed by atoms with van der Waals surface area (Å²) in [6.07, 6.45) is 4.19. The Labute approximate surface area is 133 Å². The van der Waals surface area contributed by atoms with Gasteiger partial charge in [0.05, 0.1) is 5.56 Å². The van der Waals surface area contributed by atoms with Crippen LogP contribution in [0.15, 0.2) is 35.7 Å². The van der Waals surface area contributed by atoms with Crippen LogP contribution < -0.4 is 4.90 Å². The lowest BCUT2D eigenvalue weighted by Crippen LogP contribution is -2.36. The summed E-state index contributed by atoms with van der Waals surface area (Å²) in [4.78, 5) is 26.7. The summed E-state index contributed by atoms with van der Waals surface area (Å²) in [7, 11) is 0. The summed E-state index contributed by atoms with van der Waals surface area (Å²) in [5.41, 5.74) is 2.41. The monoisotopic (exact) mass is 315 g/mol. The van der Waals surface area contributed by atoms with E-state index in [-0.39, 0.29) is 12.5 Å². The van der Waals surface area contributed by atoms with Gasteiger partial charge in [0.15, 0.2) is 0 Å². The van der Waals surface area contributed by atoms with E-state index in [1.54, 1.807) is 35.6 Å². The van der Waals surface area contributed by atoms with E-state index in [4.69, 9.17) is 5.11 Å². The Bertz CT molecular complexity index is 693. The summed E-state index contributed by atoms with van der Waals surface area (Å²) < 4.78 is 0. The molecular formula is C17H17NO3S. The van der Waals surface area contributed by atoms with E-state index in [0.29, 0.717) is 11.3 Å². The van der Waals surface area contributed by atoms with Crippen LogP contribution in [0.2, 0.25) is 0 Å². The van der Waals surface area contributed by atoms with Gasteiger partial charge in [-0.05, 0) is 43.4 Å². The van der Waals surface area contributed by atoms with Crippen molar-refractivity contribution in [3.63, 3.8) is 0 Å². The SMILES string of the molecule is O=C(O)CN(C(=O)c1csc2c1CCCC2)c1ccccc1. The van der Waals surface area contributed by atoms with E-state index in [1.165, 1.54) is 16.2 Å². The van der Waals surface area contributed by atoms with Gasteiger partial charge in [-0.1, -0.05) is 18.2 Å². The third kappa shape index (κ3) is 2.90. The van der Waals surface area contributed by atoms with E-state index in [2.05, 4.69) is 0 Å². The minimum Gasteiger partial charge on any atom is -0.480 e. The molecule has 0 spiro atoms. The molecule has 3 rings (SSSR count). The summed E-state index contributed by atoms with van der Waals surface area (Å²) in [5, 5.41) is 11.0. The first kappa shape index (κ1) is 14.8. The van der Waals surface area contributed by atoms with Gasteiger partial charge in [0.25, 0.3) is 5.91 Å². The lowest BCUT2D eigenvalue weighted by molar-refractivity contribution is -0.135. The highest BCUT2D eigenvalue weighted by Gasteiger charge is 2.26. The van der Waals surface area contributed by atoms with Crippen molar-refractivity contribution < 1.29 is 14.7 Å². The van der Waals surface area contributed by atoms with Gasteiger partial charge in [0.2, 0.25) is 0 Å². The van der Waals surface area contributed by atoms with Crippen molar-refractivity contribution >= 4 is 28.9 Å². The van der Waals surface area contributed by atoms with Crippen LogP contribution in [0.4, 0.5) is 5.69 Å². The molecule has 114 valence electrons. The molecule has 0 atom stereocenters. The van der Waals surface area contributed by atoms with E-state index >= 15 is 0 Å². The third-order valence-corrected chi connectivity index (χ3v) is 4.99. The van der Waals surface area contributed by atoms with Crippen LogP contribution in [0, 0.1) is 0 Å². The van der Waals surface area contributed by atoms with Crippen LogP contribution in [0.1, 0.15) is 33.6 Å². The molecule has 0 bridgehead atoms. The Balaban J connectivity index is 1.96. The summed E-state index contributed by atoms with van der Waals surface area (Å²) >= 11 is 1.62. The first-order valence-corrected chi connectivity index (χ1v) is 8.22. The number of nitrogens with zero attached hydrogens (tertiary/aromatic N) is 1. The number of hydrogen-bond donors (Lipinski definition) is 1. The molecule has 2 aromatic rings. The van der Waals surface area contributed by atoms with Crippen LogP contribution in [-0.2, 0) is 17.6 Å². The Morgan fingerprint density at radius 2 is 1.86 bits per heavy atom. The first-order chi connectivity index (χ1) is 10.7. The third-order valence-electron chi connectivity index (χ3n) is 3.90. The molecule has 0 saturated carbocycles. The molecule has 1 aliphatic rings. The number of hydrogen-bond acceptors (Lipinski definition) is 3. The second-order valence-corrected chi connectivity index (χ2v) is 6.34. The number of para-hydroxylation sites is 1. The molecule has 4 nitrogen and oxygen atoms in total. The lowest BCUT2D eigenvalue weighted by Gasteiger charge is -2.22. The average Bonchev–Trinajstić information content (AvgIpc) is 2.97. The topological polar surface area (TPSA) is 57.6 Å². The zero-order chi connectivity index (χ0) is 15.5. The minimum atomic E-state index is -1.01. The average molecular weight is 315 g/mol. The molecule has 1 amide bonds. The second kappa shape index (κ2) is 6.32. The largest absolute Gasteiger partial charge is 0.480 e. The Kier molecular flexibility index (Phi) is 4.24. The molecule has 0 saturated heterocycles.